The molecule has 0 aliphatic rings. The SMILES string of the molecule is CCCC/C=C\CCCCCCCC(=O)OC[C@H](COP(=O)(O)O)OC(=O)CCC/C=C\C/C=C\C/C=C\C/C=C\CC[C@H](O)CC. The van der Waals surface area contributed by atoms with Crippen LogP contribution in [0.2, 0.25) is 0 Å². The van der Waals surface area contributed by atoms with Crippen LogP contribution in [0.1, 0.15) is 136 Å². The Morgan fingerprint density at radius 3 is 1.77 bits per heavy atom. The summed E-state index contributed by atoms with van der Waals surface area (Å²) < 4.78 is 26.1. The number of aliphatic hydroxyl groups excluding tert-OH is 1. The van der Waals surface area contributed by atoms with Gasteiger partial charge in [0.1, 0.15) is 6.61 Å². The number of phosphoric acid groups is 1. The fourth-order valence-electron chi connectivity index (χ4n) is 4.32. The van der Waals surface area contributed by atoms with E-state index in [0.29, 0.717) is 19.3 Å². The Kier molecular flexibility index (Phi) is 30.7. The van der Waals surface area contributed by atoms with Crippen molar-refractivity contribution in [3.63, 3.8) is 0 Å². The average molecular weight is 683 g/mol. The molecule has 0 rings (SSSR count). The summed E-state index contributed by atoms with van der Waals surface area (Å²) in [6.07, 6.45) is 36.1. The molecule has 0 aromatic carbocycles. The van der Waals surface area contributed by atoms with Gasteiger partial charge in [-0.05, 0) is 77.0 Å². The molecule has 0 radical (unpaired) electrons. The number of carbonyl (C=O) groups excluding carboxylic acids is 2. The van der Waals surface area contributed by atoms with E-state index in [1.807, 2.05) is 19.1 Å². The van der Waals surface area contributed by atoms with Crippen molar-refractivity contribution < 1.29 is 43.0 Å². The van der Waals surface area contributed by atoms with Crippen LogP contribution in [0.4, 0.5) is 0 Å². The summed E-state index contributed by atoms with van der Waals surface area (Å²) in [7, 11) is -4.77. The Labute approximate surface area is 284 Å². The van der Waals surface area contributed by atoms with Gasteiger partial charge in [0.2, 0.25) is 0 Å². The zero-order valence-corrected chi connectivity index (χ0v) is 29.9. The second-order valence-electron chi connectivity index (χ2n) is 11.6. The van der Waals surface area contributed by atoms with E-state index in [9.17, 15) is 19.3 Å². The number of hydrogen-bond donors (Lipinski definition) is 3. The van der Waals surface area contributed by atoms with Crippen molar-refractivity contribution in [1.29, 1.82) is 0 Å². The minimum absolute atomic E-state index is 0.119. The number of unbranched alkanes of at least 4 members (excludes halogenated alkanes) is 8. The summed E-state index contributed by atoms with van der Waals surface area (Å²) in [6.45, 7) is 3.28. The van der Waals surface area contributed by atoms with Gasteiger partial charge in [0.25, 0.3) is 0 Å². The fraction of sp³-hybridized carbons (Fsp3) is 0.676. The van der Waals surface area contributed by atoms with Crippen molar-refractivity contribution in [1.82, 2.24) is 0 Å². The Hall–Kier alpha value is -2.29. The Morgan fingerprint density at radius 2 is 1.15 bits per heavy atom. The lowest BCUT2D eigenvalue weighted by Gasteiger charge is -2.18. The van der Waals surface area contributed by atoms with Crippen LogP contribution in [0, 0.1) is 0 Å². The van der Waals surface area contributed by atoms with Crippen LogP contribution >= 0.6 is 7.82 Å². The van der Waals surface area contributed by atoms with E-state index >= 15 is 0 Å². The molecule has 47 heavy (non-hydrogen) atoms. The molecule has 0 heterocycles. The van der Waals surface area contributed by atoms with Gasteiger partial charge in [0, 0.05) is 12.8 Å². The Bertz CT molecular complexity index is 965. The van der Waals surface area contributed by atoms with Gasteiger partial charge in [-0.25, -0.2) is 4.57 Å². The van der Waals surface area contributed by atoms with Gasteiger partial charge >= 0.3 is 19.8 Å². The van der Waals surface area contributed by atoms with Gasteiger partial charge in [-0.2, -0.15) is 0 Å². The van der Waals surface area contributed by atoms with Crippen molar-refractivity contribution in [2.24, 2.45) is 0 Å². The van der Waals surface area contributed by atoms with Gasteiger partial charge in [-0.1, -0.05) is 107 Å². The van der Waals surface area contributed by atoms with Crippen molar-refractivity contribution >= 4 is 19.8 Å². The molecule has 9 nitrogen and oxygen atoms in total. The van der Waals surface area contributed by atoms with E-state index in [2.05, 4.69) is 60.1 Å². The molecule has 0 unspecified atom stereocenters. The lowest BCUT2D eigenvalue weighted by molar-refractivity contribution is -0.161. The second kappa shape index (κ2) is 32.3. The predicted octanol–water partition coefficient (Wildman–Crippen LogP) is 9.14. The van der Waals surface area contributed by atoms with Crippen LogP contribution in [0.3, 0.4) is 0 Å². The van der Waals surface area contributed by atoms with Crippen LogP contribution in [0.5, 0.6) is 0 Å². The maximum absolute atomic E-state index is 12.3. The van der Waals surface area contributed by atoms with Crippen molar-refractivity contribution in [3.05, 3.63) is 60.8 Å². The van der Waals surface area contributed by atoms with E-state index in [4.69, 9.17) is 19.3 Å². The summed E-state index contributed by atoms with van der Waals surface area (Å²) in [6, 6.07) is 0. The molecule has 0 saturated heterocycles. The van der Waals surface area contributed by atoms with E-state index in [-0.39, 0.29) is 25.6 Å². The molecule has 3 N–H and O–H groups in total. The summed E-state index contributed by atoms with van der Waals surface area (Å²) in [5.41, 5.74) is 0. The van der Waals surface area contributed by atoms with E-state index in [1.54, 1.807) is 0 Å². The number of carbonyl (C=O) groups is 2. The number of esters is 2. The van der Waals surface area contributed by atoms with Gasteiger partial charge in [-0.15, -0.1) is 0 Å². The first-order valence-electron chi connectivity index (χ1n) is 17.7. The molecule has 0 aliphatic heterocycles. The number of hydrogen-bond acceptors (Lipinski definition) is 7. The van der Waals surface area contributed by atoms with Crippen LogP contribution < -0.4 is 0 Å². The highest BCUT2D eigenvalue weighted by Gasteiger charge is 2.22. The molecule has 0 aromatic heterocycles. The first kappa shape index (κ1) is 44.7. The largest absolute Gasteiger partial charge is 0.469 e. The van der Waals surface area contributed by atoms with Gasteiger partial charge in [0.15, 0.2) is 6.10 Å². The Balaban J connectivity index is 4.14. The van der Waals surface area contributed by atoms with E-state index in [1.165, 1.54) is 12.8 Å². The van der Waals surface area contributed by atoms with Crippen LogP contribution in [-0.4, -0.2) is 52.3 Å². The predicted molar refractivity (Wildman–Crippen MR) is 190 cm³/mol. The van der Waals surface area contributed by atoms with Gasteiger partial charge < -0.3 is 24.4 Å². The van der Waals surface area contributed by atoms with Crippen LogP contribution in [-0.2, 0) is 28.2 Å². The summed E-state index contributed by atoms with van der Waals surface area (Å²) >= 11 is 0. The zero-order chi connectivity index (χ0) is 34.9. The summed E-state index contributed by atoms with van der Waals surface area (Å²) in [5.74, 6) is -0.988. The van der Waals surface area contributed by atoms with E-state index in [0.717, 1.165) is 77.0 Å². The molecule has 0 spiro atoms. The molecule has 0 bridgehead atoms. The quantitative estimate of drug-likeness (QED) is 0.0283. The lowest BCUT2D eigenvalue weighted by Crippen LogP contribution is -2.29. The maximum atomic E-state index is 12.3. The monoisotopic (exact) mass is 682 g/mol. The smallest absolute Gasteiger partial charge is 0.462 e. The van der Waals surface area contributed by atoms with Crippen LogP contribution in [0.15, 0.2) is 60.8 Å². The number of allylic oxidation sites excluding steroid dienone is 10. The average Bonchev–Trinajstić information content (AvgIpc) is 3.04. The standard InChI is InChI=1S/C37H63O9P/c1-3-5-6-7-8-9-14-18-21-24-27-30-36(39)44-32-35(33-45-47(41,42)43)46-37(40)31-28-25-22-19-16-13-11-10-12-15-17-20-23-26-29-34(38)4-2/h7-8,11-13,15,19-20,22-23,34-35,38H,3-6,9-10,14,16-18,21,24-33H2,1-2H3,(H2,41,42,43)/b8-7-,13-11-,15-12-,22-19-,23-20-/t34-,35-/m1/s1. The van der Waals surface area contributed by atoms with Gasteiger partial charge in [-0.3, -0.25) is 14.1 Å². The van der Waals surface area contributed by atoms with Crippen LogP contribution in [0.25, 0.3) is 0 Å². The first-order chi connectivity index (χ1) is 22.7. The van der Waals surface area contributed by atoms with Gasteiger partial charge in [0.05, 0.1) is 12.7 Å². The number of ether oxygens (including phenoxy) is 2. The molecule has 0 aliphatic carbocycles. The number of phosphoric ester groups is 1. The Morgan fingerprint density at radius 1 is 0.638 bits per heavy atom. The normalized spacial score (nSPS) is 13.9. The molecule has 2 atom stereocenters. The third kappa shape index (κ3) is 34.9. The zero-order valence-electron chi connectivity index (χ0n) is 29.0. The molecule has 0 saturated carbocycles. The van der Waals surface area contributed by atoms with Crippen molar-refractivity contribution in [3.8, 4) is 0 Å². The first-order valence-corrected chi connectivity index (χ1v) is 19.2. The minimum Gasteiger partial charge on any atom is -0.462 e. The highest BCUT2D eigenvalue weighted by molar-refractivity contribution is 7.46. The maximum Gasteiger partial charge on any atom is 0.469 e. The molecule has 0 fully saturated rings. The second-order valence-corrected chi connectivity index (χ2v) is 12.9. The fourth-order valence-corrected chi connectivity index (χ4v) is 4.68. The lowest BCUT2D eigenvalue weighted by atomic mass is 10.1. The summed E-state index contributed by atoms with van der Waals surface area (Å²) in [4.78, 5) is 42.5. The highest BCUT2D eigenvalue weighted by atomic mass is 31.2. The topological polar surface area (TPSA) is 140 Å². The number of rotatable bonds is 31. The third-order valence-corrected chi connectivity index (χ3v) is 7.66. The molecule has 0 aromatic rings. The summed E-state index contributed by atoms with van der Waals surface area (Å²) in [5, 5.41) is 9.52. The number of aliphatic hydroxyl groups is 1. The minimum atomic E-state index is -4.77. The molecule has 0 amide bonds. The molecule has 270 valence electrons. The molecular weight excluding hydrogens is 619 g/mol. The third-order valence-electron chi connectivity index (χ3n) is 7.17. The van der Waals surface area contributed by atoms with Crippen molar-refractivity contribution in [2.45, 2.75) is 148 Å². The molecular formula is C37H63O9P. The van der Waals surface area contributed by atoms with E-state index < -0.39 is 32.5 Å². The highest BCUT2D eigenvalue weighted by Crippen LogP contribution is 2.35. The molecule has 10 heteroatoms. The van der Waals surface area contributed by atoms with Crippen molar-refractivity contribution in [2.75, 3.05) is 13.2 Å².